The van der Waals surface area contributed by atoms with Crippen molar-refractivity contribution in [3.05, 3.63) is 40.5 Å². The summed E-state index contributed by atoms with van der Waals surface area (Å²) in [5.41, 5.74) is 3.37. The van der Waals surface area contributed by atoms with Crippen LogP contribution in [-0.2, 0) is 7.05 Å². The normalized spacial score (nSPS) is 10.5. The fourth-order valence-electron chi connectivity index (χ4n) is 1.53. The summed E-state index contributed by atoms with van der Waals surface area (Å²) in [6.07, 6.45) is 0. The molecule has 2 aromatic rings. The Bertz CT molecular complexity index is 460. The lowest BCUT2D eigenvalue weighted by Crippen LogP contribution is -1.93. The first-order valence-corrected chi connectivity index (χ1v) is 5.23. The lowest BCUT2D eigenvalue weighted by atomic mass is 10.1. The zero-order chi connectivity index (χ0) is 10.1. The van der Waals surface area contributed by atoms with Crippen LogP contribution in [0.1, 0.15) is 5.69 Å². The molecule has 2 rings (SSSR count). The highest BCUT2D eigenvalue weighted by atomic mass is 79.9. The highest BCUT2D eigenvalue weighted by molar-refractivity contribution is 9.10. The van der Waals surface area contributed by atoms with Gasteiger partial charge in [0, 0.05) is 17.1 Å². The van der Waals surface area contributed by atoms with Gasteiger partial charge < -0.3 is 0 Å². The second-order valence-corrected chi connectivity index (χ2v) is 4.22. The summed E-state index contributed by atoms with van der Waals surface area (Å²) in [7, 11) is 1.96. The lowest BCUT2D eigenvalue weighted by molar-refractivity contribution is 0.764. The highest BCUT2D eigenvalue weighted by Crippen LogP contribution is 2.22. The number of halogens is 1. The van der Waals surface area contributed by atoms with Crippen LogP contribution in [0.2, 0.25) is 0 Å². The van der Waals surface area contributed by atoms with Crippen molar-refractivity contribution in [2.45, 2.75) is 6.92 Å². The van der Waals surface area contributed by atoms with Crippen LogP contribution in [0.5, 0.6) is 0 Å². The number of hydrogen-bond donors (Lipinski definition) is 0. The van der Waals surface area contributed by atoms with Crippen LogP contribution in [-0.4, -0.2) is 9.78 Å². The predicted molar refractivity (Wildman–Crippen MR) is 61.1 cm³/mol. The van der Waals surface area contributed by atoms with Crippen LogP contribution < -0.4 is 0 Å². The molecule has 0 aliphatic rings. The fraction of sp³-hybridized carbons (Fsp3) is 0.182. The van der Waals surface area contributed by atoms with E-state index >= 15 is 0 Å². The summed E-state index contributed by atoms with van der Waals surface area (Å²) in [5.74, 6) is 0. The van der Waals surface area contributed by atoms with Crippen molar-refractivity contribution in [2.75, 3.05) is 0 Å². The van der Waals surface area contributed by atoms with Crippen LogP contribution in [0, 0.1) is 6.92 Å². The van der Waals surface area contributed by atoms with Gasteiger partial charge in [-0.3, -0.25) is 4.68 Å². The third-order valence-corrected chi connectivity index (χ3v) is 2.62. The third kappa shape index (κ3) is 1.73. The maximum Gasteiger partial charge on any atom is 0.0682 e. The molecular weight excluding hydrogens is 240 g/mol. The van der Waals surface area contributed by atoms with E-state index < -0.39 is 0 Å². The van der Waals surface area contributed by atoms with Crippen LogP contribution in [0.3, 0.4) is 0 Å². The van der Waals surface area contributed by atoms with Crippen LogP contribution in [0.4, 0.5) is 0 Å². The van der Waals surface area contributed by atoms with Gasteiger partial charge in [0.2, 0.25) is 0 Å². The van der Waals surface area contributed by atoms with Gasteiger partial charge in [-0.15, -0.1) is 0 Å². The number of aryl methyl sites for hydroxylation is 2. The molecule has 0 saturated carbocycles. The summed E-state index contributed by atoms with van der Waals surface area (Å²) in [5, 5.41) is 4.32. The van der Waals surface area contributed by atoms with Gasteiger partial charge in [0.05, 0.1) is 11.4 Å². The minimum atomic E-state index is 1.04. The molecule has 1 aromatic heterocycles. The Morgan fingerprint density at radius 2 is 2.07 bits per heavy atom. The van der Waals surface area contributed by atoms with Crippen molar-refractivity contribution in [3.8, 4) is 11.3 Å². The first-order valence-electron chi connectivity index (χ1n) is 4.43. The Morgan fingerprint density at radius 1 is 1.29 bits per heavy atom. The summed E-state index contributed by atoms with van der Waals surface area (Å²) < 4.78 is 2.99. The standard InChI is InChI=1S/C11H11BrN2/c1-8-6-11(14(2)13-8)9-4-3-5-10(12)7-9/h3-7H,1-2H3. The van der Waals surface area contributed by atoms with Gasteiger partial charge in [0.15, 0.2) is 0 Å². The van der Waals surface area contributed by atoms with Crippen molar-refractivity contribution in [1.29, 1.82) is 0 Å². The molecule has 1 heterocycles. The molecule has 0 atom stereocenters. The van der Waals surface area contributed by atoms with E-state index in [0.29, 0.717) is 0 Å². The topological polar surface area (TPSA) is 17.8 Å². The zero-order valence-electron chi connectivity index (χ0n) is 8.16. The van der Waals surface area contributed by atoms with Crippen molar-refractivity contribution < 1.29 is 0 Å². The molecule has 0 aliphatic carbocycles. The lowest BCUT2D eigenvalue weighted by Gasteiger charge is -2.01. The second-order valence-electron chi connectivity index (χ2n) is 3.30. The van der Waals surface area contributed by atoms with E-state index in [1.165, 1.54) is 5.56 Å². The largest absolute Gasteiger partial charge is 0.268 e. The van der Waals surface area contributed by atoms with E-state index in [9.17, 15) is 0 Å². The number of aromatic nitrogens is 2. The monoisotopic (exact) mass is 250 g/mol. The summed E-state index contributed by atoms with van der Waals surface area (Å²) in [4.78, 5) is 0. The Morgan fingerprint density at radius 3 is 2.64 bits per heavy atom. The van der Waals surface area contributed by atoms with Gasteiger partial charge in [-0.1, -0.05) is 28.1 Å². The molecule has 2 nitrogen and oxygen atoms in total. The third-order valence-electron chi connectivity index (χ3n) is 2.12. The number of hydrogen-bond acceptors (Lipinski definition) is 1. The average molecular weight is 251 g/mol. The quantitative estimate of drug-likeness (QED) is 0.761. The number of rotatable bonds is 1. The predicted octanol–water partition coefficient (Wildman–Crippen LogP) is 3.16. The van der Waals surface area contributed by atoms with Crippen molar-refractivity contribution >= 4 is 15.9 Å². The Labute approximate surface area is 91.7 Å². The van der Waals surface area contributed by atoms with Crippen molar-refractivity contribution in [1.82, 2.24) is 9.78 Å². The average Bonchev–Trinajstić information content (AvgIpc) is 2.45. The second kappa shape index (κ2) is 3.58. The van der Waals surface area contributed by atoms with E-state index in [0.717, 1.165) is 15.9 Å². The van der Waals surface area contributed by atoms with Gasteiger partial charge in [0.25, 0.3) is 0 Å². The molecule has 72 valence electrons. The van der Waals surface area contributed by atoms with Crippen LogP contribution in [0.15, 0.2) is 34.8 Å². The minimum absolute atomic E-state index is 1.04. The molecule has 0 spiro atoms. The fourth-order valence-corrected chi connectivity index (χ4v) is 1.93. The highest BCUT2D eigenvalue weighted by Gasteiger charge is 2.04. The SMILES string of the molecule is Cc1cc(-c2cccc(Br)c2)n(C)n1. The molecule has 0 saturated heterocycles. The van der Waals surface area contributed by atoms with Gasteiger partial charge in [0.1, 0.15) is 0 Å². The van der Waals surface area contributed by atoms with Gasteiger partial charge >= 0.3 is 0 Å². The summed E-state index contributed by atoms with van der Waals surface area (Å²) in [6, 6.07) is 10.3. The Balaban J connectivity index is 2.54. The molecule has 0 radical (unpaired) electrons. The molecular formula is C11H11BrN2. The van der Waals surface area contributed by atoms with Crippen molar-refractivity contribution in [2.24, 2.45) is 7.05 Å². The summed E-state index contributed by atoms with van der Waals surface area (Å²) >= 11 is 3.46. The van der Waals surface area contributed by atoms with Crippen LogP contribution in [0.25, 0.3) is 11.3 Å². The van der Waals surface area contributed by atoms with E-state index in [1.54, 1.807) is 0 Å². The Kier molecular flexibility index (Phi) is 2.42. The van der Waals surface area contributed by atoms with E-state index in [4.69, 9.17) is 0 Å². The van der Waals surface area contributed by atoms with E-state index in [1.807, 2.05) is 30.8 Å². The van der Waals surface area contributed by atoms with E-state index in [2.05, 4.69) is 39.2 Å². The number of nitrogens with zero attached hydrogens (tertiary/aromatic N) is 2. The summed E-state index contributed by atoms with van der Waals surface area (Å²) in [6.45, 7) is 2.00. The van der Waals surface area contributed by atoms with Crippen LogP contribution >= 0.6 is 15.9 Å². The Hall–Kier alpha value is -1.09. The molecule has 14 heavy (non-hydrogen) atoms. The molecule has 0 unspecified atom stereocenters. The zero-order valence-corrected chi connectivity index (χ0v) is 9.75. The van der Waals surface area contributed by atoms with Gasteiger partial charge in [-0.05, 0) is 25.1 Å². The van der Waals surface area contributed by atoms with E-state index in [-0.39, 0.29) is 0 Å². The first kappa shape index (κ1) is 9.46. The van der Waals surface area contributed by atoms with Gasteiger partial charge in [-0.2, -0.15) is 5.10 Å². The molecule has 0 amide bonds. The molecule has 0 aliphatic heterocycles. The van der Waals surface area contributed by atoms with Crippen molar-refractivity contribution in [3.63, 3.8) is 0 Å². The maximum absolute atomic E-state index is 4.32. The maximum atomic E-state index is 4.32. The number of benzene rings is 1. The molecule has 1 aromatic carbocycles. The minimum Gasteiger partial charge on any atom is -0.268 e. The first-order chi connectivity index (χ1) is 6.66. The molecule has 0 N–H and O–H groups in total. The molecule has 0 fully saturated rings. The smallest absolute Gasteiger partial charge is 0.0682 e. The molecule has 0 bridgehead atoms. The van der Waals surface area contributed by atoms with Gasteiger partial charge in [-0.25, -0.2) is 0 Å². The molecule has 3 heteroatoms.